The monoisotopic (exact) mass is 423 g/mol. The van der Waals surface area contributed by atoms with Crippen LogP contribution < -0.4 is 20.1 Å². The minimum Gasteiger partial charge on any atom is -0.483 e. The minimum atomic E-state index is -0.276. The number of nitrogens with one attached hydrogen (secondary N) is 2. The summed E-state index contributed by atoms with van der Waals surface area (Å²) in [5.74, 6) is 0.858. The van der Waals surface area contributed by atoms with Gasteiger partial charge in [0.05, 0.1) is 11.4 Å². The van der Waals surface area contributed by atoms with E-state index in [0.717, 1.165) is 27.3 Å². The zero-order chi connectivity index (χ0) is 21.3. The molecule has 0 aliphatic carbocycles. The number of amides is 2. The summed E-state index contributed by atoms with van der Waals surface area (Å²) in [5.41, 5.74) is 4.32. The summed E-state index contributed by atoms with van der Waals surface area (Å²) in [6.45, 7) is 5.82. The molecule has 30 heavy (non-hydrogen) atoms. The van der Waals surface area contributed by atoms with Gasteiger partial charge in [-0.2, -0.15) is 0 Å². The molecule has 2 heterocycles. The van der Waals surface area contributed by atoms with Gasteiger partial charge in [-0.3, -0.25) is 14.9 Å². The molecule has 7 nitrogen and oxygen atoms in total. The molecule has 0 bridgehead atoms. The summed E-state index contributed by atoms with van der Waals surface area (Å²) < 4.78 is 11.0. The fourth-order valence-electron chi connectivity index (χ4n) is 3.13. The van der Waals surface area contributed by atoms with E-state index in [2.05, 4.69) is 15.6 Å². The summed E-state index contributed by atoms with van der Waals surface area (Å²) in [6, 6.07) is 11.3. The van der Waals surface area contributed by atoms with Crippen LogP contribution in [0.1, 0.15) is 16.0 Å². The number of fused-ring (bicyclic) bond motifs is 1. The molecule has 2 N–H and O–H groups in total. The van der Waals surface area contributed by atoms with Gasteiger partial charge in [-0.05, 0) is 56.2 Å². The van der Waals surface area contributed by atoms with Crippen molar-refractivity contribution in [2.75, 3.05) is 23.8 Å². The van der Waals surface area contributed by atoms with Gasteiger partial charge in [-0.25, -0.2) is 4.98 Å². The van der Waals surface area contributed by atoms with Crippen molar-refractivity contribution in [2.45, 2.75) is 20.8 Å². The number of aromatic nitrogens is 1. The van der Waals surface area contributed by atoms with Gasteiger partial charge in [0.1, 0.15) is 11.5 Å². The van der Waals surface area contributed by atoms with Gasteiger partial charge in [0.2, 0.25) is 0 Å². The number of benzene rings is 2. The second kappa shape index (κ2) is 8.16. The Bertz CT molecular complexity index is 1140. The first kappa shape index (κ1) is 19.9. The van der Waals surface area contributed by atoms with Gasteiger partial charge in [-0.1, -0.05) is 12.1 Å². The average Bonchev–Trinajstić information content (AvgIpc) is 3.08. The van der Waals surface area contributed by atoms with Crippen LogP contribution in [0.25, 0.3) is 11.3 Å². The molecule has 0 saturated heterocycles. The Morgan fingerprint density at radius 2 is 2.10 bits per heavy atom. The van der Waals surface area contributed by atoms with E-state index in [1.165, 1.54) is 11.3 Å². The first-order valence-electron chi connectivity index (χ1n) is 9.44. The maximum Gasteiger partial charge on any atom is 0.264 e. The van der Waals surface area contributed by atoms with Crippen molar-refractivity contribution in [3.63, 3.8) is 0 Å². The molecule has 0 atom stereocenters. The number of hydrogen-bond acceptors (Lipinski definition) is 6. The van der Waals surface area contributed by atoms with Gasteiger partial charge in [-0.15, -0.1) is 11.3 Å². The molecule has 0 radical (unpaired) electrons. The Hall–Kier alpha value is -3.39. The number of thiazole rings is 1. The molecule has 1 aliphatic rings. The van der Waals surface area contributed by atoms with Gasteiger partial charge in [0, 0.05) is 10.4 Å². The summed E-state index contributed by atoms with van der Waals surface area (Å²) in [5, 5.41) is 6.09. The van der Waals surface area contributed by atoms with E-state index in [4.69, 9.17) is 9.47 Å². The Morgan fingerprint density at radius 1 is 1.27 bits per heavy atom. The first-order valence-corrected chi connectivity index (χ1v) is 10.3. The molecule has 8 heteroatoms. The molecular formula is C22H21N3O4S. The number of carbonyl (C=O) groups excluding carboxylic acids is 2. The summed E-state index contributed by atoms with van der Waals surface area (Å²) >= 11 is 1.39. The quantitative estimate of drug-likeness (QED) is 0.645. The van der Waals surface area contributed by atoms with Gasteiger partial charge >= 0.3 is 0 Å². The van der Waals surface area contributed by atoms with E-state index in [1.54, 1.807) is 6.07 Å². The largest absolute Gasteiger partial charge is 0.483 e. The molecule has 3 aromatic rings. The third kappa shape index (κ3) is 4.13. The highest BCUT2D eigenvalue weighted by Gasteiger charge is 2.19. The van der Waals surface area contributed by atoms with Crippen molar-refractivity contribution in [1.82, 2.24) is 4.98 Å². The molecular weight excluding hydrogens is 402 g/mol. The summed E-state index contributed by atoms with van der Waals surface area (Å²) in [6.07, 6.45) is 0. The molecule has 2 aromatic carbocycles. The van der Waals surface area contributed by atoms with Gasteiger partial charge in [0.15, 0.2) is 18.3 Å². The zero-order valence-corrected chi connectivity index (χ0v) is 17.7. The van der Waals surface area contributed by atoms with Crippen LogP contribution >= 0.6 is 11.3 Å². The van der Waals surface area contributed by atoms with Crippen molar-refractivity contribution in [3.05, 3.63) is 52.4 Å². The van der Waals surface area contributed by atoms with E-state index >= 15 is 0 Å². The van der Waals surface area contributed by atoms with Crippen molar-refractivity contribution in [2.24, 2.45) is 0 Å². The maximum atomic E-state index is 12.3. The van der Waals surface area contributed by atoms with Crippen LogP contribution in [0.2, 0.25) is 0 Å². The van der Waals surface area contributed by atoms with E-state index in [-0.39, 0.29) is 25.0 Å². The number of carbonyl (C=O) groups is 2. The molecule has 154 valence electrons. The molecule has 4 rings (SSSR count). The van der Waals surface area contributed by atoms with Gasteiger partial charge < -0.3 is 14.8 Å². The third-order valence-electron chi connectivity index (χ3n) is 4.84. The number of nitrogens with zero attached hydrogens (tertiary/aromatic N) is 1. The predicted molar refractivity (Wildman–Crippen MR) is 116 cm³/mol. The van der Waals surface area contributed by atoms with Crippen LogP contribution in [0.15, 0.2) is 36.4 Å². The van der Waals surface area contributed by atoms with E-state index in [9.17, 15) is 9.59 Å². The Kier molecular flexibility index (Phi) is 5.41. The lowest BCUT2D eigenvalue weighted by Gasteiger charge is -2.18. The highest BCUT2D eigenvalue weighted by Crippen LogP contribution is 2.36. The van der Waals surface area contributed by atoms with E-state index in [0.29, 0.717) is 22.3 Å². The standard InChI is InChI=1S/C22H21N3O4S/c1-12-5-4-6-17(13(12)2)28-11-20(27)24-22-25-21(14(3)30-22)15-7-8-18-16(9-15)23-19(26)10-29-18/h4-9H,10-11H2,1-3H3,(H,23,26)(H,24,25,27). The Balaban J connectivity index is 1.45. The maximum absolute atomic E-state index is 12.3. The van der Waals surface area contributed by atoms with Crippen LogP contribution in [0.4, 0.5) is 10.8 Å². The van der Waals surface area contributed by atoms with Crippen LogP contribution in [0.5, 0.6) is 11.5 Å². The second-order valence-corrected chi connectivity index (χ2v) is 8.21. The Labute approximate surface area is 178 Å². The number of hydrogen-bond donors (Lipinski definition) is 2. The molecule has 0 saturated carbocycles. The molecule has 0 unspecified atom stereocenters. The SMILES string of the molecule is Cc1cccc(OCC(=O)Nc2nc(-c3ccc4c(c3)NC(=O)CO4)c(C)s2)c1C. The minimum absolute atomic E-state index is 0.0163. The molecule has 0 spiro atoms. The average molecular weight is 423 g/mol. The van der Waals surface area contributed by atoms with Crippen LogP contribution in [0, 0.1) is 20.8 Å². The lowest BCUT2D eigenvalue weighted by atomic mass is 10.1. The fourth-order valence-corrected chi connectivity index (χ4v) is 3.98. The highest BCUT2D eigenvalue weighted by molar-refractivity contribution is 7.16. The fraction of sp³-hybridized carbons (Fsp3) is 0.227. The number of rotatable bonds is 5. The predicted octanol–water partition coefficient (Wildman–Crippen LogP) is 4.08. The summed E-state index contributed by atoms with van der Waals surface area (Å²) in [4.78, 5) is 29.4. The van der Waals surface area contributed by atoms with Crippen molar-refractivity contribution in [1.29, 1.82) is 0 Å². The first-order chi connectivity index (χ1) is 14.4. The number of ether oxygens (including phenoxy) is 2. The zero-order valence-electron chi connectivity index (χ0n) is 16.9. The van der Waals surface area contributed by atoms with Crippen molar-refractivity contribution >= 4 is 34.0 Å². The summed E-state index contributed by atoms with van der Waals surface area (Å²) in [7, 11) is 0. The van der Waals surface area contributed by atoms with E-state index in [1.807, 2.05) is 51.1 Å². The molecule has 1 aliphatic heterocycles. The van der Waals surface area contributed by atoms with Crippen LogP contribution in [-0.4, -0.2) is 30.0 Å². The molecule has 1 aromatic heterocycles. The van der Waals surface area contributed by atoms with Gasteiger partial charge in [0.25, 0.3) is 11.8 Å². The smallest absolute Gasteiger partial charge is 0.264 e. The Morgan fingerprint density at radius 3 is 2.93 bits per heavy atom. The molecule has 0 fully saturated rings. The van der Waals surface area contributed by atoms with Crippen LogP contribution in [0.3, 0.4) is 0 Å². The number of anilines is 2. The van der Waals surface area contributed by atoms with Crippen molar-refractivity contribution in [3.8, 4) is 22.8 Å². The third-order valence-corrected chi connectivity index (χ3v) is 5.73. The second-order valence-electron chi connectivity index (χ2n) is 7.01. The topological polar surface area (TPSA) is 89.5 Å². The molecule has 2 amide bonds. The van der Waals surface area contributed by atoms with E-state index < -0.39 is 0 Å². The lowest BCUT2D eigenvalue weighted by molar-refractivity contribution is -0.119. The number of aryl methyl sites for hydroxylation is 2. The normalized spacial score (nSPS) is 12.6. The van der Waals surface area contributed by atoms with Crippen LogP contribution in [-0.2, 0) is 9.59 Å². The highest BCUT2D eigenvalue weighted by atomic mass is 32.1. The lowest BCUT2D eigenvalue weighted by Crippen LogP contribution is -2.25. The van der Waals surface area contributed by atoms with Crippen molar-refractivity contribution < 1.29 is 19.1 Å².